The average Bonchev–Trinajstić information content (AvgIpc) is 3.11. The van der Waals surface area contributed by atoms with E-state index in [4.69, 9.17) is 14.6 Å². The highest BCUT2D eigenvalue weighted by Gasteiger charge is 2.33. The lowest BCUT2D eigenvalue weighted by atomic mass is 9.98. The molecule has 3 rings (SSSR count). The van der Waals surface area contributed by atoms with Crippen molar-refractivity contribution in [2.24, 2.45) is 0 Å². The molecule has 0 saturated carbocycles. The summed E-state index contributed by atoms with van der Waals surface area (Å²) in [5.41, 5.74) is 3.91. The molecule has 2 aromatic carbocycles. The SMILES string of the molecule is C[C@@H](OC(C)(C)C)[C@H](NC(=O)OCC1c2ccccc2-c2ccccc21)C(=O)NCCCC(=O)O. The highest BCUT2D eigenvalue weighted by atomic mass is 16.6. The lowest BCUT2D eigenvalue weighted by molar-refractivity contribution is -0.137. The van der Waals surface area contributed by atoms with Gasteiger partial charge in [-0.25, -0.2) is 4.79 Å². The Morgan fingerprint density at radius 3 is 2.11 bits per heavy atom. The van der Waals surface area contributed by atoms with Gasteiger partial charge in [0.1, 0.15) is 12.6 Å². The lowest BCUT2D eigenvalue weighted by Crippen LogP contribution is -2.54. The molecule has 2 amide bonds. The third-order valence-corrected chi connectivity index (χ3v) is 5.78. The number of nitrogens with one attached hydrogen (secondary N) is 2. The number of benzene rings is 2. The second-order valence-corrected chi connectivity index (χ2v) is 9.67. The van der Waals surface area contributed by atoms with Crippen LogP contribution >= 0.6 is 0 Å². The topological polar surface area (TPSA) is 114 Å². The Kier molecular flexibility index (Phi) is 8.51. The van der Waals surface area contributed by atoms with Crippen LogP contribution in [-0.4, -0.2) is 54.0 Å². The van der Waals surface area contributed by atoms with E-state index in [-0.39, 0.29) is 31.9 Å². The predicted octanol–water partition coefficient (Wildman–Crippen LogP) is 4.08. The maximum absolute atomic E-state index is 12.8. The van der Waals surface area contributed by atoms with Crippen LogP contribution in [0.1, 0.15) is 57.6 Å². The number of alkyl carbamates (subject to hydrolysis) is 1. The Balaban J connectivity index is 1.66. The summed E-state index contributed by atoms with van der Waals surface area (Å²) in [7, 11) is 0. The Bertz CT molecular complexity index is 1020. The first kappa shape index (κ1) is 26.2. The average molecular weight is 483 g/mol. The van der Waals surface area contributed by atoms with Gasteiger partial charge in [0, 0.05) is 18.9 Å². The normalized spacial score (nSPS) is 14.4. The first-order chi connectivity index (χ1) is 16.6. The van der Waals surface area contributed by atoms with Gasteiger partial charge in [0.15, 0.2) is 0 Å². The van der Waals surface area contributed by atoms with Crippen molar-refractivity contribution in [1.82, 2.24) is 10.6 Å². The highest BCUT2D eigenvalue weighted by Crippen LogP contribution is 2.44. The third-order valence-electron chi connectivity index (χ3n) is 5.78. The molecule has 0 fully saturated rings. The molecule has 1 aliphatic rings. The minimum atomic E-state index is -1.00. The molecule has 8 nitrogen and oxygen atoms in total. The maximum atomic E-state index is 12.8. The van der Waals surface area contributed by atoms with Crippen LogP contribution in [0.5, 0.6) is 0 Å². The summed E-state index contributed by atoms with van der Waals surface area (Å²) in [4.78, 5) is 36.3. The van der Waals surface area contributed by atoms with Gasteiger partial charge in [0.2, 0.25) is 5.91 Å². The summed E-state index contributed by atoms with van der Waals surface area (Å²) < 4.78 is 11.5. The Labute approximate surface area is 206 Å². The second kappa shape index (κ2) is 11.4. The zero-order valence-electron chi connectivity index (χ0n) is 20.7. The van der Waals surface area contributed by atoms with Crippen LogP contribution in [0.2, 0.25) is 0 Å². The smallest absolute Gasteiger partial charge is 0.407 e. The molecule has 35 heavy (non-hydrogen) atoms. The number of hydrogen-bond donors (Lipinski definition) is 3. The zero-order valence-corrected chi connectivity index (χ0v) is 20.7. The molecule has 2 aromatic rings. The predicted molar refractivity (Wildman–Crippen MR) is 132 cm³/mol. The number of carbonyl (C=O) groups excluding carboxylic acids is 2. The van der Waals surface area contributed by atoms with Crippen LogP contribution in [0.4, 0.5) is 4.79 Å². The van der Waals surface area contributed by atoms with E-state index in [1.165, 1.54) is 0 Å². The summed E-state index contributed by atoms with van der Waals surface area (Å²) in [6.45, 7) is 7.59. The standard InChI is InChI=1S/C27H34N2O6/c1-17(35-27(2,3)4)24(25(32)28-15-9-14-23(30)31)29-26(33)34-16-22-20-12-7-5-10-18(20)19-11-6-8-13-21(19)22/h5-8,10-13,17,22,24H,9,14-16H2,1-4H3,(H,28,32)(H,29,33)(H,30,31)/t17-,24+/m1/s1. The summed E-state index contributed by atoms with van der Waals surface area (Å²) in [5.74, 6) is -1.49. The summed E-state index contributed by atoms with van der Waals surface area (Å²) >= 11 is 0. The van der Waals surface area contributed by atoms with Gasteiger partial charge in [0.05, 0.1) is 11.7 Å². The number of amides is 2. The van der Waals surface area contributed by atoms with Gasteiger partial charge in [-0.1, -0.05) is 48.5 Å². The number of ether oxygens (including phenoxy) is 2. The molecule has 0 saturated heterocycles. The molecule has 0 heterocycles. The number of rotatable bonds is 10. The molecule has 0 aliphatic heterocycles. The van der Waals surface area contributed by atoms with Gasteiger partial charge in [-0.15, -0.1) is 0 Å². The summed E-state index contributed by atoms with van der Waals surface area (Å²) in [6.07, 6.45) is -1.14. The van der Waals surface area contributed by atoms with E-state index in [0.717, 1.165) is 22.3 Å². The Morgan fingerprint density at radius 2 is 1.57 bits per heavy atom. The fraction of sp³-hybridized carbons (Fsp3) is 0.444. The van der Waals surface area contributed by atoms with Gasteiger partial charge in [0.25, 0.3) is 0 Å². The van der Waals surface area contributed by atoms with E-state index >= 15 is 0 Å². The minimum Gasteiger partial charge on any atom is -0.481 e. The van der Waals surface area contributed by atoms with E-state index < -0.39 is 35.7 Å². The number of hydrogen-bond acceptors (Lipinski definition) is 5. The number of carboxylic acid groups (broad SMARTS) is 1. The minimum absolute atomic E-state index is 0.0567. The van der Waals surface area contributed by atoms with Crippen molar-refractivity contribution < 1.29 is 29.0 Å². The second-order valence-electron chi connectivity index (χ2n) is 9.67. The molecule has 0 bridgehead atoms. The summed E-state index contributed by atoms with van der Waals surface area (Å²) in [5, 5.41) is 14.1. The molecule has 1 aliphatic carbocycles. The van der Waals surface area contributed by atoms with Crippen LogP contribution in [0, 0.1) is 0 Å². The number of fused-ring (bicyclic) bond motifs is 3. The number of aliphatic carboxylic acids is 1. The molecule has 0 radical (unpaired) electrons. The lowest BCUT2D eigenvalue weighted by Gasteiger charge is -2.30. The first-order valence-electron chi connectivity index (χ1n) is 11.9. The van der Waals surface area contributed by atoms with Crippen molar-refractivity contribution in [2.45, 2.75) is 64.2 Å². The van der Waals surface area contributed by atoms with Gasteiger partial charge < -0.3 is 25.2 Å². The van der Waals surface area contributed by atoms with E-state index in [9.17, 15) is 14.4 Å². The van der Waals surface area contributed by atoms with Crippen LogP contribution in [0.3, 0.4) is 0 Å². The summed E-state index contributed by atoms with van der Waals surface area (Å²) in [6, 6.07) is 15.1. The van der Waals surface area contributed by atoms with Crippen molar-refractivity contribution in [3.63, 3.8) is 0 Å². The molecule has 0 spiro atoms. The van der Waals surface area contributed by atoms with Gasteiger partial charge >= 0.3 is 12.1 Å². The van der Waals surface area contributed by atoms with E-state index in [1.807, 2.05) is 57.2 Å². The Hall–Kier alpha value is -3.39. The molecule has 2 atom stereocenters. The van der Waals surface area contributed by atoms with E-state index in [2.05, 4.69) is 22.8 Å². The van der Waals surface area contributed by atoms with Crippen molar-refractivity contribution in [3.05, 3.63) is 59.7 Å². The van der Waals surface area contributed by atoms with Crippen LogP contribution in [-0.2, 0) is 19.1 Å². The van der Waals surface area contributed by atoms with Crippen molar-refractivity contribution in [2.75, 3.05) is 13.2 Å². The van der Waals surface area contributed by atoms with Gasteiger partial charge in [-0.2, -0.15) is 0 Å². The first-order valence-corrected chi connectivity index (χ1v) is 11.9. The molecule has 188 valence electrons. The fourth-order valence-electron chi connectivity index (χ4n) is 4.35. The van der Waals surface area contributed by atoms with Gasteiger partial charge in [-0.05, 0) is 56.4 Å². The molecule has 8 heteroatoms. The monoisotopic (exact) mass is 482 g/mol. The van der Waals surface area contributed by atoms with E-state index in [1.54, 1.807) is 6.92 Å². The maximum Gasteiger partial charge on any atom is 0.407 e. The molecule has 3 N–H and O–H groups in total. The zero-order chi connectivity index (χ0) is 25.6. The Morgan fingerprint density at radius 1 is 1.00 bits per heavy atom. The largest absolute Gasteiger partial charge is 0.481 e. The number of carboxylic acids is 1. The molecular weight excluding hydrogens is 448 g/mol. The molecule has 0 unspecified atom stereocenters. The van der Waals surface area contributed by atoms with Crippen molar-refractivity contribution in [3.8, 4) is 11.1 Å². The molecule has 0 aromatic heterocycles. The van der Waals surface area contributed by atoms with Crippen LogP contribution in [0.25, 0.3) is 11.1 Å². The van der Waals surface area contributed by atoms with Crippen LogP contribution in [0.15, 0.2) is 48.5 Å². The van der Waals surface area contributed by atoms with Crippen LogP contribution < -0.4 is 10.6 Å². The number of carbonyl (C=O) groups is 3. The molecular formula is C27H34N2O6. The third kappa shape index (κ3) is 7.05. The van der Waals surface area contributed by atoms with E-state index in [0.29, 0.717) is 0 Å². The quantitative estimate of drug-likeness (QED) is 0.440. The highest BCUT2D eigenvalue weighted by molar-refractivity contribution is 5.86. The van der Waals surface area contributed by atoms with Gasteiger partial charge in [-0.3, -0.25) is 9.59 Å². The van der Waals surface area contributed by atoms with Crippen molar-refractivity contribution >= 4 is 18.0 Å². The van der Waals surface area contributed by atoms with Crippen molar-refractivity contribution in [1.29, 1.82) is 0 Å². The fourth-order valence-corrected chi connectivity index (χ4v) is 4.35.